The summed E-state index contributed by atoms with van der Waals surface area (Å²) in [6, 6.07) is 3.12. The van der Waals surface area contributed by atoms with Crippen molar-refractivity contribution in [1.29, 1.82) is 0 Å². The number of H-pyrrole nitrogens is 1. The van der Waals surface area contributed by atoms with E-state index in [2.05, 4.69) is 48.4 Å². The molecule has 0 aliphatic carbocycles. The maximum Gasteiger partial charge on any atom is 0.329 e. The molecule has 0 spiro atoms. The molecule has 1 unspecified atom stereocenters. The molecule has 1 fully saturated rings. The molecule has 1 atom stereocenters. The van der Waals surface area contributed by atoms with E-state index in [-0.39, 0.29) is 17.3 Å². The molecule has 1 aliphatic heterocycles. The van der Waals surface area contributed by atoms with Crippen molar-refractivity contribution < 1.29 is 4.74 Å². The summed E-state index contributed by atoms with van der Waals surface area (Å²) < 4.78 is 9.72. The van der Waals surface area contributed by atoms with Gasteiger partial charge in [-0.15, -0.1) is 0 Å². The highest BCUT2D eigenvalue weighted by atomic mass is 28.3. The summed E-state index contributed by atoms with van der Waals surface area (Å²) in [6.45, 7) is 15.7. The molecule has 8 nitrogen and oxygen atoms in total. The van der Waals surface area contributed by atoms with E-state index in [9.17, 15) is 9.59 Å². The molecule has 1 N–H and O–H groups in total. The van der Waals surface area contributed by atoms with Gasteiger partial charge in [-0.2, -0.15) is 0 Å². The van der Waals surface area contributed by atoms with Crippen LogP contribution in [-0.2, 0) is 11.5 Å². The molecule has 1 saturated heterocycles. The van der Waals surface area contributed by atoms with Crippen LogP contribution in [0.1, 0.15) is 39.2 Å². The van der Waals surface area contributed by atoms with Crippen LogP contribution in [-0.4, -0.2) is 58.3 Å². The van der Waals surface area contributed by atoms with Crippen LogP contribution >= 0.6 is 0 Å². The van der Waals surface area contributed by atoms with Gasteiger partial charge in [-0.1, -0.05) is 39.9 Å². The van der Waals surface area contributed by atoms with E-state index in [4.69, 9.17) is 4.74 Å². The Balaban J connectivity index is 1.64. The number of hydrogen-bond acceptors (Lipinski definition) is 5. The summed E-state index contributed by atoms with van der Waals surface area (Å²) in [6.07, 6.45) is 6.50. The molecule has 1 aliphatic rings. The fraction of sp³-hybridized carbons (Fsp3) is 0.640. The predicted octanol–water partition coefficient (Wildman–Crippen LogP) is 4.03. The highest BCUT2D eigenvalue weighted by Gasteiger charge is 2.25. The quantitative estimate of drug-likeness (QED) is 0.365. The second kappa shape index (κ2) is 10.2. The minimum atomic E-state index is -1.15. The summed E-state index contributed by atoms with van der Waals surface area (Å²) in [5, 5.41) is 1.29. The van der Waals surface area contributed by atoms with Crippen LogP contribution in [0.25, 0.3) is 21.9 Å². The molecular weight excluding hydrogens is 446 g/mol. The Morgan fingerprint density at radius 1 is 1.21 bits per heavy atom. The Morgan fingerprint density at radius 3 is 2.62 bits per heavy atom. The summed E-state index contributed by atoms with van der Waals surface area (Å²) in [5.74, 6) is 0.673. The number of ether oxygens (including phenoxy) is 1. The average Bonchev–Trinajstić information content (AvgIpc) is 3.20. The molecule has 3 aromatic rings. The van der Waals surface area contributed by atoms with E-state index < -0.39 is 8.07 Å². The average molecular weight is 486 g/mol. The van der Waals surface area contributed by atoms with Crippen molar-refractivity contribution in [2.45, 2.75) is 71.6 Å². The minimum absolute atomic E-state index is 0.0574. The molecule has 0 radical (unpaired) electrons. The fourth-order valence-corrected chi connectivity index (χ4v) is 5.56. The SMILES string of the molecule is CCC(C)CN1CCC(n2c(=O)[nH]c(=O)c3cnc4c(ccn4COCC[Si](C)(C)C)c32)CC1. The number of aromatic amines is 1. The number of hydrogen-bond donors (Lipinski definition) is 1. The zero-order valence-electron chi connectivity index (χ0n) is 21.3. The molecule has 186 valence electrons. The third kappa shape index (κ3) is 5.36. The van der Waals surface area contributed by atoms with Crippen LogP contribution < -0.4 is 11.2 Å². The van der Waals surface area contributed by atoms with Gasteiger partial charge in [-0.3, -0.25) is 14.3 Å². The smallest absolute Gasteiger partial charge is 0.329 e. The van der Waals surface area contributed by atoms with Crippen molar-refractivity contribution in [2.75, 3.05) is 26.2 Å². The molecule has 0 amide bonds. The lowest BCUT2D eigenvalue weighted by atomic mass is 10.0. The molecular formula is C25H39N5O3Si. The van der Waals surface area contributed by atoms with Crippen molar-refractivity contribution in [3.05, 3.63) is 39.3 Å². The Morgan fingerprint density at radius 2 is 1.94 bits per heavy atom. The van der Waals surface area contributed by atoms with E-state index in [1.165, 1.54) is 6.42 Å². The lowest BCUT2D eigenvalue weighted by Gasteiger charge is -2.34. The number of pyridine rings is 1. The Kier molecular flexibility index (Phi) is 7.44. The second-order valence-electron chi connectivity index (χ2n) is 11.1. The van der Waals surface area contributed by atoms with Crippen molar-refractivity contribution in [1.82, 2.24) is 24.0 Å². The van der Waals surface area contributed by atoms with Crippen LogP contribution in [0.3, 0.4) is 0 Å². The van der Waals surface area contributed by atoms with Gasteiger partial charge in [0.25, 0.3) is 5.56 Å². The molecule has 34 heavy (non-hydrogen) atoms. The Labute approximate surface area is 201 Å². The van der Waals surface area contributed by atoms with Crippen LogP contribution in [0, 0.1) is 5.92 Å². The first-order chi connectivity index (χ1) is 16.2. The van der Waals surface area contributed by atoms with Gasteiger partial charge in [0, 0.05) is 58.1 Å². The van der Waals surface area contributed by atoms with Gasteiger partial charge < -0.3 is 14.2 Å². The number of nitrogens with zero attached hydrogens (tertiary/aromatic N) is 4. The van der Waals surface area contributed by atoms with Crippen molar-refractivity contribution >= 4 is 30.0 Å². The highest BCUT2D eigenvalue weighted by molar-refractivity contribution is 6.76. The van der Waals surface area contributed by atoms with Gasteiger partial charge >= 0.3 is 5.69 Å². The van der Waals surface area contributed by atoms with Gasteiger partial charge in [-0.05, 0) is 30.9 Å². The predicted molar refractivity (Wildman–Crippen MR) is 140 cm³/mol. The maximum absolute atomic E-state index is 13.1. The van der Waals surface area contributed by atoms with E-state index in [0.29, 0.717) is 23.6 Å². The normalized spacial score (nSPS) is 17.1. The minimum Gasteiger partial charge on any atom is -0.361 e. The summed E-state index contributed by atoms with van der Waals surface area (Å²) in [7, 11) is -1.15. The molecule has 0 saturated carbocycles. The van der Waals surface area contributed by atoms with Crippen LogP contribution in [0.2, 0.25) is 25.7 Å². The molecule has 4 rings (SSSR count). The van der Waals surface area contributed by atoms with Crippen molar-refractivity contribution in [3.63, 3.8) is 0 Å². The first-order valence-corrected chi connectivity index (χ1v) is 16.3. The summed E-state index contributed by atoms with van der Waals surface area (Å²) in [4.78, 5) is 35.3. The fourth-order valence-electron chi connectivity index (χ4n) is 4.80. The molecule has 9 heteroatoms. The number of aromatic nitrogens is 4. The third-order valence-electron chi connectivity index (χ3n) is 7.10. The van der Waals surface area contributed by atoms with E-state index >= 15 is 0 Å². The molecule has 0 aromatic carbocycles. The monoisotopic (exact) mass is 485 g/mol. The summed E-state index contributed by atoms with van der Waals surface area (Å²) in [5.41, 5.74) is 0.733. The van der Waals surface area contributed by atoms with Gasteiger partial charge in [0.2, 0.25) is 0 Å². The van der Waals surface area contributed by atoms with E-state index in [1.54, 1.807) is 6.20 Å². The Bertz CT molecular complexity index is 1250. The largest absolute Gasteiger partial charge is 0.361 e. The second-order valence-corrected chi connectivity index (χ2v) is 16.7. The highest BCUT2D eigenvalue weighted by Crippen LogP contribution is 2.28. The first-order valence-electron chi connectivity index (χ1n) is 12.6. The van der Waals surface area contributed by atoms with Crippen LogP contribution in [0.5, 0.6) is 0 Å². The van der Waals surface area contributed by atoms with Gasteiger partial charge in [0.1, 0.15) is 12.4 Å². The number of rotatable bonds is 9. The van der Waals surface area contributed by atoms with Crippen LogP contribution in [0.15, 0.2) is 28.0 Å². The van der Waals surface area contributed by atoms with Gasteiger partial charge in [0.05, 0.1) is 10.9 Å². The number of fused-ring (bicyclic) bond motifs is 3. The van der Waals surface area contributed by atoms with E-state index in [0.717, 1.165) is 56.2 Å². The van der Waals surface area contributed by atoms with Gasteiger partial charge in [0.15, 0.2) is 0 Å². The first kappa shape index (κ1) is 24.9. The van der Waals surface area contributed by atoms with Crippen LogP contribution in [0.4, 0.5) is 0 Å². The lowest BCUT2D eigenvalue weighted by Crippen LogP contribution is -2.41. The van der Waals surface area contributed by atoms with Crippen molar-refractivity contribution in [3.8, 4) is 0 Å². The molecule has 3 aromatic heterocycles. The molecule has 0 bridgehead atoms. The van der Waals surface area contributed by atoms with Crippen molar-refractivity contribution in [2.24, 2.45) is 5.92 Å². The number of nitrogens with one attached hydrogen (secondary N) is 1. The topological polar surface area (TPSA) is 85.2 Å². The lowest BCUT2D eigenvalue weighted by molar-refractivity contribution is 0.0899. The zero-order valence-corrected chi connectivity index (χ0v) is 22.3. The zero-order chi connectivity index (χ0) is 24.5. The number of likely N-dealkylation sites (tertiary alicyclic amines) is 1. The molecule has 4 heterocycles. The Hall–Kier alpha value is -2.23. The standard InChI is InChI=1S/C25H39N5O3Si/c1-6-18(2)16-28-10-7-19(8-11-28)30-22-20-9-12-29(17-33-13-14-34(3,4)5)23(20)26-15-21(22)24(31)27-25(30)32/h9,12,15,18-19H,6-8,10-11,13-14,16-17H2,1-5H3,(H,27,31,32). The summed E-state index contributed by atoms with van der Waals surface area (Å²) >= 11 is 0. The maximum atomic E-state index is 13.1. The van der Waals surface area contributed by atoms with E-state index in [1.807, 2.05) is 21.4 Å². The number of piperidine rings is 1. The third-order valence-corrected chi connectivity index (χ3v) is 8.81. The van der Waals surface area contributed by atoms with Gasteiger partial charge in [-0.25, -0.2) is 9.78 Å².